The van der Waals surface area contributed by atoms with Gasteiger partial charge in [0.2, 0.25) is 5.91 Å². The molecule has 0 aliphatic rings. The fourth-order valence-corrected chi connectivity index (χ4v) is 4.13. The molecule has 0 saturated heterocycles. The van der Waals surface area contributed by atoms with Gasteiger partial charge in [0, 0.05) is 19.5 Å². The van der Waals surface area contributed by atoms with Crippen LogP contribution in [0, 0.1) is 0 Å². The Labute approximate surface area is 215 Å². The first-order chi connectivity index (χ1) is 17.3. The van der Waals surface area contributed by atoms with E-state index in [1.807, 2.05) is 91.9 Å². The first kappa shape index (κ1) is 27.0. The summed E-state index contributed by atoms with van der Waals surface area (Å²) >= 11 is 0. The van der Waals surface area contributed by atoms with Crippen molar-refractivity contribution in [3.05, 3.63) is 102 Å². The summed E-state index contributed by atoms with van der Waals surface area (Å²) in [6.45, 7) is 9.10. The maximum absolute atomic E-state index is 13.7. The van der Waals surface area contributed by atoms with Gasteiger partial charge in [-0.2, -0.15) is 0 Å². The third-order valence-electron chi connectivity index (χ3n) is 6.06. The van der Waals surface area contributed by atoms with Crippen LogP contribution in [-0.2, 0) is 28.0 Å². The summed E-state index contributed by atoms with van der Waals surface area (Å²) < 4.78 is 6.08. The summed E-state index contributed by atoms with van der Waals surface area (Å²) in [5.41, 5.74) is 2.87. The van der Waals surface area contributed by atoms with Crippen LogP contribution < -0.4 is 10.1 Å². The minimum absolute atomic E-state index is 0.126. The Morgan fingerprint density at radius 3 is 2.06 bits per heavy atom. The second kappa shape index (κ2) is 12.9. The number of carbonyl (C=O) groups is 2. The van der Waals surface area contributed by atoms with Crippen molar-refractivity contribution in [2.75, 3.05) is 13.2 Å². The van der Waals surface area contributed by atoms with E-state index < -0.39 is 6.04 Å². The molecular weight excluding hydrogens is 448 g/mol. The number of carbonyl (C=O) groups excluding carboxylic acids is 2. The number of ether oxygens (including phenoxy) is 1. The summed E-state index contributed by atoms with van der Waals surface area (Å²) in [5.74, 6) is 0.309. The summed E-state index contributed by atoms with van der Waals surface area (Å²) in [5, 5.41) is 3.00. The fourth-order valence-electron chi connectivity index (χ4n) is 4.13. The van der Waals surface area contributed by atoms with Crippen molar-refractivity contribution < 1.29 is 14.3 Å². The molecule has 0 heterocycles. The lowest BCUT2D eigenvalue weighted by Crippen LogP contribution is -2.51. The van der Waals surface area contributed by atoms with Gasteiger partial charge >= 0.3 is 0 Å². The molecule has 0 radical (unpaired) electrons. The van der Waals surface area contributed by atoms with E-state index in [0.717, 1.165) is 23.1 Å². The van der Waals surface area contributed by atoms with Crippen molar-refractivity contribution >= 4 is 11.8 Å². The highest BCUT2D eigenvalue weighted by Gasteiger charge is 2.31. The number of amides is 2. The van der Waals surface area contributed by atoms with Gasteiger partial charge in [0.05, 0.1) is 0 Å². The molecule has 3 rings (SSSR count). The lowest BCUT2D eigenvalue weighted by Gasteiger charge is -2.32. The predicted octanol–water partition coefficient (Wildman–Crippen LogP) is 5.53. The van der Waals surface area contributed by atoms with E-state index in [1.54, 1.807) is 4.90 Å². The molecule has 0 spiro atoms. The number of nitrogens with zero attached hydrogens (tertiary/aromatic N) is 1. The van der Waals surface area contributed by atoms with Gasteiger partial charge in [-0.3, -0.25) is 9.59 Å². The molecular formula is C31H38N2O3. The Bertz CT molecular complexity index is 1110. The largest absolute Gasteiger partial charge is 0.483 e. The molecule has 0 aliphatic heterocycles. The van der Waals surface area contributed by atoms with Gasteiger partial charge in [-0.05, 0) is 34.6 Å². The van der Waals surface area contributed by atoms with Gasteiger partial charge in [-0.1, -0.05) is 107 Å². The van der Waals surface area contributed by atoms with Crippen LogP contribution in [0.15, 0.2) is 84.9 Å². The molecule has 0 aliphatic carbocycles. The molecule has 0 fully saturated rings. The Hall–Kier alpha value is -3.60. The third-order valence-corrected chi connectivity index (χ3v) is 6.06. The second-order valence-electron chi connectivity index (χ2n) is 10.0. The van der Waals surface area contributed by atoms with E-state index in [9.17, 15) is 9.59 Å². The number of hydrogen-bond donors (Lipinski definition) is 1. The molecule has 5 heteroatoms. The maximum Gasteiger partial charge on any atom is 0.261 e. The first-order valence-electron chi connectivity index (χ1n) is 12.7. The highest BCUT2D eigenvalue weighted by atomic mass is 16.5. The maximum atomic E-state index is 13.7. The van der Waals surface area contributed by atoms with Crippen LogP contribution in [0.1, 0.15) is 50.8 Å². The van der Waals surface area contributed by atoms with Crippen molar-refractivity contribution in [3.63, 3.8) is 0 Å². The molecule has 2 amide bonds. The minimum Gasteiger partial charge on any atom is -0.483 e. The molecule has 0 unspecified atom stereocenters. The van der Waals surface area contributed by atoms with Gasteiger partial charge in [0.25, 0.3) is 5.91 Å². The number of nitrogens with one attached hydrogen (secondary N) is 1. The van der Waals surface area contributed by atoms with Gasteiger partial charge in [-0.25, -0.2) is 0 Å². The molecule has 0 bridgehead atoms. The fraction of sp³-hybridized carbons (Fsp3) is 0.355. The quantitative estimate of drug-likeness (QED) is 0.388. The highest BCUT2D eigenvalue weighted by Crippen LogP contribution is 2.31. The molecule has 1 atom stereocenters. The highest BCUT2D eigenvalue weighted by molar-refractivity contribution is 5.88. The SMILES string of the molecule is CCCNC(=O)[C@H](Cc1ccccc1)N(Cc1ccccc1)C(=O)COc1ccccc1C(C)(C)C. The smallest absolute Gasteiger partial charge is 0.261 e. The molecule has 3 aromatic rings. The lowest BCUT2D eigenvalue weighted by atomic mass is 9.86. The first-order valence-corrected chi connectivity index (χ1v) is 12.7. The van der Waals surface area contributed by atoms with E-state index in [-0.39, 0.29) is 23.8 Å². The molecule has 0 aromatic heterocycles. The molecule has 190 valence electrons. The predicted molar refractivity (Wildman–Crippen MR) is 145 cm³/mol. The Balaban J connectivity index is 1.90. The van der Waals surface area contributed by atoms with Gasteiger partial charge in [-0.15, -0.1) is 0 Å². The zero-order valence-corrected chi connectivity index (χ0v) is 21.9. The van der Waals surface area contributed by atoms with Gasteiger partial charge in [0.15, 0.2) is 6.61 Å². The van der Waals surface area contributed by atoms with E-state index >= 15 is 0 Å². The average Bonchev–Trinajstić information content (AvgIpc) is 2.88. The van der Waals surface area contributed by atoms with Crippen LogP contribution >= 0.6 is 0 Å². The van der Waals surface area contributed by atoms with Crippen LogP contribution in [0.4, 0.5) is 0 Å². The minimum atomic E-state index is -0.659. The monoisotopic (exact) mass is 486 g/mol. The van der Waals surface area contributed by atoms with Crippen LogP contribution in [0.5, 0.6) is 5.75 Å². The molecule has 3 aromatic carbocycles. The summed E-state index contributed by atoms with van der Waals surface area (Å²) in [6.07, 6.45) is 1.25. The molecule has 0 saturated carbocycles. The molecule has 1 N–H and O–H groups in total. The van der Waals surface area contributed by atoms with Gasteiger partial charge in [0.1, 0.15) is 11.8 Å². The van der Waals surface area contributed by atoms with E-state index in [0.29, 0.717) is 25.3 Å². The standard InChI is InChI=1S/C31H38N2O3/c1-5-20-32-30(35)27(21-24-14-8-6-9-15-24)33(22-25-16-10-7-11-17-25)29(34)23-36-28-19-13-12-18-26(28)31(2,3)4/h6-19,27H,5,20-23H2,1-4H3,(H,32,35)/t27-/m0/s1. The summed E-state index contributed by atoms with van der Waals surface area (Å²) in [7, 11) is 0. The molecule has 36 heavy (non-hydrogen) atoms. The van der Waals surface area contributed by atoms with Crippen molar-refractivity contribution in [1.29, 1.82) is 0 Å². The van der Waals surface area contributed by atoms with Crippen LogP contribution in [0.25, 0.3) is 0 Å². The lowest BCUT2D eigenvalue weighted by molar-refractivity contribution is -0.142. The third kappa shape index (κ3) is 7.70. The van der Waals surface area contributed by atoms with Crippen molar-refractivity contribution in [1.82, 2.24) is 10.2 Å². The Kier molecular flexibility index (Phi) is 9.69. The summed E-state index contributed by atoms with van der Waals surface area (Å²) in [6, 6.07) is 26.7. The Morgan fingerprint density at radius 2 is 1.44 bits per heavy atom. The zero-order chi connectivity index (χ0) is 26.0. The number of rotatable bonds is 11. The van der Waals surface area contributed by atoms with E-state index in [1.165, 1.54) is 0 Å². The van der Waals surface area contributed by atoms with Gasteiger partial charge < -0.3 is 15.0 Å². The summed E-state index contributed by atoms with van der Waals surface area (Å²) in [4.78, 5) is 28.7. The van der Waals surface area contributed by atoms with E-state index in [4.69, 9.17) is 4.74 Å². The average molecular weight is 487 g/mol. The van der Waals surface area contributed by atoms with Crippen LogP contribution in [0.3, 0.4) is 0 Å². The molecule has 5 nitrogen and oxygen atoms in total. The normalized spacial score (nSPS) is 12.0. The van der Waals surface area contributed by atoms with Crippen molar-refractivity contribution in [2.24, 2.45) is 0 Å². The van der Waals surface area contributed by atoms with Crippen LogP contribution in [-0.4, -0.2) is 35.9 Å². The van der Waals surface area contributed by atoms with Crippen molar-refractivity contribution in [2.45, 2.75) is 58.5 Å². The number of para-hydroxylation sites is 1. The number of hydrogen-bond acceptors (Lipinski definition) is 3. The second-order valence-corrected chi connectivity index (χ2v) is 10.0. The Morgan fingerprint density at radius 1 is 0.861 bits per heavy atom. The van der Waals surface area contributed by atoms with Crippen molar-refractivity contribution in [3.8, 4) is 5.75 Å². The zero-order valence-electron chi connectivity index (χ0n) is 21.9. The number of benzene rings is 3. The van der Waals surface area contributed by atoms with E-state index in [2.05, 4.69) is 26.1 Å². The van der Waals surface area contributed by atoms with Crippen LogP contribution in [0.2, 0.25) is 0 Å². The topological polar surface area (TPSA) is 58.6 Å².